The van der Waals surface area contributed by atoms with E-state index in [1.807, 2.05) is 31.0 Å². The lowest BCUT2D eigenvalue weighted by molar-refractivity contribution is 0.559. The van der Waals surface area contributed by atoms with Crippen molar-refractivity contribution in [3.8, 4) is 0 Å². The van der Waals surface area contributed by atoms with Crippen LogP contribution in [-0.4, -0.2) is 21.8 Å². The summed E-state index contributed by atoms with van der Waals surface area (Å²) < 4.78 is 1.97. The first-order chi connectivity index (χ1) is 8.74. The van der Waals surface area contributed by atoms with Crippen molar-refractivity contribution in [2.45, 2.75) is 25.8 Å². The van der Waals surface area contributed by atoms with Gasteiger partial charge in [0.2, 0.25) is 0 Å². The summed E-state index contributed by atoms with van der Waals surface area (Å²) in [6.07, 6.45) is 5.62. The monoisotopic (exact) mass is 244 g/mol. The summed E-state index contributed by atoms with van der Waals surface area (Å²) >= 11 is 0. The molecule has 0 spiro atoms. The predicted molar refractivity (Wildman–Crippen MR) is 72.3 cm³/mol. The van der Waals surface area contributed by atoms with Gasteiger partial charge in [0.15, 0.2) is 0 Å². The first-order valence-corrected chi connectivity index (χ1v) is 6.33. The molecular weight excluding hydrogens is 224 g/mol. The number of aromatic nitrogens is 3. The van der Waals surface area contributed by atoms with Gasteiger partial charge in [-0.1, -0.05) is 13.0 Å². The van der Waals surface area contributed by atoms with E-state index in [0.29, 0.717) is 0 Å². The van der Waals surface area contributed by atoms with E-state index in [1.165, 1.54) is 11.3 Å². The molecule has 0 radical (unpaired) electrons. The Morgan fingerprint density at radius 1 is 1.44 bits per heavy atom. The van der Waals surface area contributed by atoms with Crippen LogP contribution in [0, 0.1) is 0 Å². The molecule has 0 saturated carbocycles. The van der Waals surface area contributed by atoms with Gasteiger partial charge in [-0.05, 0) is 31.2 Å². The molecule has 0 aromatic carbocycles. The maximum atomic E-state index is 4.48. The lowest BCUT2D eigenvalue weighted by atomic mass is 10.0. The van der Waals surface area contributed by atoms with Crippen molar-refractivity contribution in [3.63, 3.8) is 0 Å². The van der Waals surface area contributed by atoms with Crippen LogP contribution in [-0.2, 0) is 19.9 Å². The molecule has 0 aliphatic heterocycles. The number of pyridine rings is 1. The van der Waals surface area contributed by atoms with E-state index >= 15 is 0 Å². The zero-order valence-corrected chi connectivity index (χ0v) is 11.2. The van der Waals surface area contributed by atoms with Crippen LogP contribution in [0.3, 0.4) is 0 Å². The minimum absolute atomic E-state index is 0.277. The Morgan fingerprint density at radius 3 is 2.83 bits per heavy atom. The molecular formula is C14H20N4. The summed E-state index contributed by atoms with van der Waals surface area (Å²) in [5.41, 5.74) is 3.60. The smallest absolute Gasteiger partial charge is 0.0624 e. The Bertz CT molecular complexity index is 490. The van der Waals surface area contributed by atoms with Gasteiger partial charge in [-0.15, -0.1) is 0 Å². The molecule has 0 aliphatic rings. The van der Waals surface area contributed by atoms with Crippen molar-refractivity contribution in [3.05, 3.63) is 47.5 Å². The molecule has 4 nitrogen and oxygen atoms in total. The number of hydrogen-bond acceptors (Lipinski definition) is 3. The molecule has 1 atom stereocenters. The summed E-state index contributed by atoms with van der Waals surface area (Å²) in [4.78, 5) is 4.18. The molecule has 1 N–H and O–H groups in total. The fraction of sp³-hybridized carbons (Fsp3) is 0.429. The Balaban J connectivity index is 2.18. The molecule has 2 aromatic rings. The van der Waals surface area contributed by atoms with Crippen LogP contribution in [0.1, 0.15) is 29.9 Å². The summed E-state index contributed by atoms with van der Waals surface area (Å²) in [5, 5.41) is 7.82. The Kier molecular flexibility index (Phi) is 4.10. The van der Waals surface area contributed by atoms with Gasteiger partial charge >= 0.3 is 0 Å². The molecule has 0 saturated heterocycles. The van der Waals surface area contributed by atoms with Crippen LogP contribution in [0.2, 0.25) is 0 Å². The molecule has 96 valence electrons. The normalized spacial score (nSPS) is 12.6. The number of nitrogens with one attached hydrogen (secondary N) is 1. The summed E-state index contributed by atoms with van der Waals surface area (Å²) in [7, 11) is 3.99. The number of aryl methyl sites for hydroxylation is 2. The molecule has 2 rings (SSSR count). The van der Waals surface area contributed by atoms with Gasteiger partial charge in [0, 0.05) is 37.6 Å². The highest BCUT2D eigenvalue weighted by Crippen LogP contribution is 2.17. The van der Waals surface area contributed by atoms with Crippen molar-refractivity contribution >= 4 is 0 Å². The predicted octanol–water partition coefficient (Wildman–Crippen LogP) is 1.88. The van der Waals surface area contributed by atoms with E-state index in [9.17, 15) is 0 Å². The Labute approximate surface area is 108 Å². The summed E-state index contributed by atoms with van der Waals surface area (Å²) in [5.74, 6) is 0. The van der Waals surface area contributed by atoms with Gasteiger partial charge in [-0.3, -0.25) is 9.67 Å². The van der Waals surface area contributed by atoms with Gasteiger partial charge in [0.25, 0.3) is 0 Å². The van der Waals surface area contributed by atoms with Gasteiger partial charge < -0.3 is 5.32 Å². The van der Waals surface area contributed by atoms with Gasteiger partial charge in [0.1, 0.15) is 0 Å². The van der Waals surface area contributed by atoms with Crippen LogP contribution >= 0.6 is 0 Å². The molecule has 0 fully saturated rings. The van der Waals surface area contributed by atoms with Crippen molar-refractivity contribution < 1.29 is 0 Å². The zero-order chi connectivity index (χ0) is 13.0. The lowest BCUT2D eigenvalue weighted by Crippen LogP contribution is -2.20. The maximum Gasteiger partial charge on any atom is 0.0624 e. The largest absolute Gasteiger partial charge is 0.313 e. The van der Waals surface area contributed by atoms with E-state index in [2.05, 4.69) is 34.5 Å². The summed E-state index contributed by atoms with van der Waals surface area (Å²) in [6.45, 7) is 2.13. The van der Waals surface area contributed by atoms with Crippen molar-refractivity contribution in [1.82, 2.24) is 20.1 Å². The van der Waals surface area contributed by atoms with Crippen LogP contribution in [0.15, 0.2) is 30.6 Å². The second-order valence-electron chi connectivity index (χ2n) is 4.44. The molecule has 18 heavy (non-hydrogen) atoms. The van der Waals surface area contributed by atoms with E-state index in [-0.39, 0.29) is 6.04 Å². The van der Waals surface area contributed by atoms with Gasteiger partial charge in [0.05, 0.1) is 5.69 Å². The molecule has 2 heterocycles. The fourth-order valence-corrected chi connectivity index (χ4v) is 2.11. The quantitative estimate of drug-likeness (QED) is 0.873. The fourth-order valence-electron chi connectivity index (χ4n) is 2.11. The minimum atomic E-state index is 0.277. The van der Waals surface area contributed by atoms with Crippen LogP contribution < -0.4 is 5.32 Å². The van der Waals surface area contributed by atoms with E-state index in [4.69, 9.17) is 0 Å². The third-order valence-corrected chi connectivity index (χ3v) is 3.24. The van der Waals surface area contributed by atoms with Crippen molar-refractivity contribution in [1.29, 1.82) is 0 Å². The molecule has 2 aromatic heterocycles. The highest BCUT2D eigenvalue weighted by atomic mass is 15.3. The highest BCUT2D eigenvalue weighted by Gasteiger charge is 2.13. The molecule has 4 heteroatoms. The molecule has 0 amide bonds. The third kappa shape index (κ3) is 2.76. The standard InChI is InChI=1S/C14H20N4/c1-4-12-8-13(18(3)17-12)9-14(15-2)11-6-5-7-16-10-11/h5-8,10,14-15H,4,9H2,1-3H3. The lowest BCUT2D eigenvalue weighted by Gasteiger charge is -2.16. The second-order valence-corrected chi connectivity index (χ2v) is 4.44. The first kappa shape index (κ1) is 12.8. The average Bonchev–Trinajstić information content (AvgIpc) is 2.77. The maximum absolute atomic E-state index is 4.48. The first-order valence-electron chi connectivity index (χ1n) is 6.33. The SMILES string of the molecule is CCc1cc(CC(NC)c2cccnc2)n(C)n1. The minimum Gasteiger partial charge on any atom is -0.313 e. The van der Waals surface area contributed by atoms with Gasteiger partial charge in [-0.25, -0.2) is 0 Å². The number of rotatable bonds is 5. The topological polar surface area (TPSA) is 42.7 Å². The van der Waals surface area contributed by atoms with Crippen molar-refractivity contribution in [2.75, 3.05) is 7.05 Å². The third-order valence-electron chi connectivity index (χ3n) is 3.24. The Morgan fingerprint density at radius 2 is 2.28 bits per heavy atom. The van der Waals surface area contributed by atoms with E-state index in [1.54, 1.807) is 6.20 Å². The molecule has 0 aliphatic carbocycles. The van der Waals surface area contributed by atoms with E-state index in [0.717, 1.165) is 18.5 Å². The molecule has 0 bridgehead atoms. The second kappa shape index (κ2) is 5.78. The van der Waals surface area contributed by atoms with Crippen molar-refractivity contribution in [2.24, 2.45) is 7.05 Å². The average molecular weight is 244 g/mol. The highest BCUT2D eigenvalue weighted by molar-refractivity contribution is 5.19. The number of likely N-dealkylation sites (N-methyl/N-ethyl adjacent to an activating group) is 1. The van der Waals surface area contributed by atoms with Crippen LogP contribution in [0.25, 0.3) is 0 Å². The van der Waals surface area contributed by atoms with Gasteiger partial charge in [-0.2, -0.15) is 5.10 Å². The zero-order valence-electron chi connectivity index (χ0n) is 11.2. The molecule has 1 unspecified atom stereocenters. The Hall–Kier alpha value is -1.68. The summed E-state index contributed by atoms with van der Waals surface area (Å²) in [6, 6.07) is 6.53. The number of hydrogen-bond donors (Lipinski definition) is 1. The number of nitrogens with zero attached hydrogens (tertiary/aromatic N) is 3. The van der Waals surface area contributed by atoms with E-state index < -0.39 is 0 Å². The van der Waals surface area contributed by atoms with Crippen LogP contribution in [0.4, 0.5) is 0 Å². The van der Waals surface area contributed by atoms with Crippen LogP contribution in [0.5, 0.6) is 0 Å².